The van der Waals surface area contributed by atoms with Crippen molar-refractivity contribution in [1.82, 2.24) is 10.2 Å². The third-order valence-electron chi connectivity index (χ3n) is 3.66. The summed E-state index contributed by atoms with van der Waals surface area (Å²) >= 11 is 5.42. The Morgan fingerprint density at radius 2 is 2.21 bits per heavy atom. The molecule has 0 bridgehead atoms. The number of nitrogens with zero attached hydrogens (tertiary/aromatic N) is 1. The van der Waals surface area contributed by atoms with E-state index in [9.17, 15) is 0 Å². The van der Waals surface area contributed by atoms with E-state index in [1.807, 2.05) is 11.3 Å². The predicted octanol–water partition coefficient (Wildman–Crippen LogP) is 4.11. The highest BCUT2D eigenvalue weighted by molar-refractivity contribution is 9.11. The number of halogens is 1. The summed E-state index contributed by atoms with van der Waals surface area (Å²) in [4.78, 5) is 4.12. The number of piperazine rings is 1. The summed E-state index contributed by atoms with van der Waals surface area (Å²) in [5.74, 6) is 0.755. The van der Waals surface area contributed by atoms with Crippen molar-refractivity contribution >= 4 is 27.3 Å². The van der Waals surface area contributed by atoms with Crippen LogP contribution in [0.4, 0.5) is 0 Å². The molecule has 2 rings (SSSR count). The van der Waals surface area contributed by atoms with Gasteiger partial charge in [-0.2, -0.15) is 0 Å². The van der Waals surface area contributed by atoms with Crippen LogP contribution in [-0.2, 0) is 6.54 Å². The molecule has 4 heteroatoms. The summed E-state index contributed by atoms with van der Waals surface area (Å²) in [6, 6.07) is 5.06. The maximum Gasteiger partial charge on any atom is 0.0701 e. The van der Waals surface area contributed by atoms with Crippen LogP contribution < -0.4 is 5.32 Å². The van der Waals surface area contributed by atoms with Crippen LogP contribution in [0.15, 0.2) is 15.9 Å². The lowest BCUT2D eigenvalue weighted by atomic mass is 9.94. The quantitative estimate of drug-likeness (QED) is 0.884. The Labute approximate surface area is 129 Å². The number of nitrogens with one attached hydrogen (secondary N) is 1. The zero-order valence-electron chi connectivity index (χ0n) is 12.4. The maximum absolute atomic E-state index is 3.69. The Bertz CT molecular complexity index is 414. The first-order valence-corrected chi connectivity index (χ1v) is 8.70. The van der Waals surface area contributed by atoms with Crippen molar-refractivity contribution < 1.29 is 0 Å². The third kappa shape index (κ3) is 4.55. The highest BCUT2D eigenvalue weighted by Crippen LogP contribution is 2.27. The van der Waals surface area contributed by atoms with Crippen molar-refractivity contribution in [3.8, 4) is 0 Å². The van der Waals surface area contributed by atoms with Crippen LogP contribution in [0.1, 0.15) is 39.0 Å². The topological polar surface area (TPSA) is 15.3 Å². The van der Waals surface area contributed by atoms with E-state index in [0.717, 1.165) is 25.6 Å². The molecule has 1 atom stereocenters. The van der Waals surface area contributed by atoms with Crippen LogP contribution in [0.5, 0.6) is 0 Å². The second-order valence-corrected chi connectivity index (χ2v) is 9.21. The largest absolute Gasteiger partial charge is 0.309 e. The summed E-state index contributed by atoms with van der Waals surface area (Å²) in [5.41, 5.74) is 0.224. The van der Waals surface area contributed by atoms with E-state index in [0.29, 0.717) is 6.04 Å². The third-order valence-corrected chi connectivity index (χ3v) is 5.27. The van der Waals surface area contributed by atoms with E-state index in [-0.39, 0.29) is 5.54 Å². The molecule has 1 aromatic rings. The van der Waals surface area contributed by atoms with Crippen LogP contribution in [-0.4, -0.2) is 29.6 Å². The van der Waals surface area contributed by atoms with Crippen molar-refractivity contribution in [2.75, 3.05) is 13.1 Å². The van der Waals surface area contributed by atoms with Crippen LogP contribution in [0.25, 0.3) is 0 Å². The molecule has 19 heavy (non-hydrogen) atoms. The fourth-order valence-corrected chi connectivity index (χ4v) is 4.32. The number of rotatable bonds is 4. The molecular weight excluding hydrogens is 320 g/mol. The zero-order valence-corrected chi connectivity index (χ0v) is 14.8. The molecule has 1 fully saturated rings. The molecule has 2 nitrogen and oxygen atoms in total. The summed E-state index contributed by atoms with van der Waals surface area (Å²) in [5, 5.41) is 3.69. The molecule has 0 aromatic carbocycles. The minimum atomic E-state index is 0.224. The van der Waals surface area contributed by atoms with Gasteiger partial charge in [0.25, 0.3) is 0 Å². The second-order valence-electron chi connectivity index (χ2n) is 6.66. The Kier molecular flexibility index (Phi) is 5.09. The van der Waals surface area contributed by atoms with Gasteiger partial charge in [0.15, 0.2) is 0 Å². The zero-order chi connectivity index (χ0) is 14.0. The maximum atomic E-state index is 3.69. The molecule has 1 aliphatic heterocycles. The van der Waals surface area contributed by atoms with Crippen molar-refractivity contribution in [3.63, 3.8) is 0 Å². The molecule has 0 aliphatic carbocycles. The van der Waals surface area contributed by atoms with Gasteiger partial charge >= 0.3 is 0 Å². The van der Waals surface area contributed by atoms with Gasteiger partial charge in [-0.1, -0.05) is 13.8 Å². The lowest BCUT2D eigenvalue weighted by Crippen LogP contribution is -2.61. The lowest BCUT2D eigenvalue weighted by Gasteiger charge is -2.45. The van der Waals surface area contributed by atoms with E-state index < -0.39 is 0 Å². The van der Waals surface area contributed by atoms with Gasteiger partial charge in [-0.15, -0.1) is 11.3 Å². The molecular formula is C15H25BrN2S. The van der Waals surface area contributed by atoms with Crippen molar-refractivity contribution in [2.45, 2.75) is 52.2 Å². The Morgan fingerprint density at radius 1 is 1.47 bits per heavy atom. The normalized spacial score (nSPS) is 24.0. The molecule has 1 saturated heterocycles. The summed E-state index contributed by atoms with van der Waals surface area (Å²) < 4.78 is 1.23. The monoisotopic (exact) mass is 344 g/mol. The van der Waals surface area contributed by atoms with Gasteiger partial charge in [-0.05, 0) is 54.2 Å². The number of hydrogen-bond acceptors (Lipinski definition) is 3. The van der Waals surface area contributed by atoms with E-state index in [1.165, 1.54) is 15.1 Å². The predicted molar refractivity (Wildman–Crippen MR) is 87.8 cm³/mol. The standard InChI is InChI=1S/C15H25BrN2S/c1-11(2)7-12-8-17-15(3,4)10-18(12)9-13-5-6-14(16)19-13/h5-6,11-12,17H,7-10H2,1-4H3. The van der Waals surface area contributed by atoms with Gasteiger partial charge in [0.1, 0.15) is 0 Å². The molecule has 0 saturated carbocycles. The number of thiophene rings is 1. The summed E-state index contributed by atoms with van der Waals surface area (Å²) in [6.45, 7) is 12.6. The van der Waals surface area contributed by atoms with Crippen molar-refractivity contribution in [2.24, 2.45) is 5.92 Å². The minimum absolute atomic E-state index is 0.224. The SMILES string of the molecule is CC(C)CC1CNC(C)(C)CN1Cc1ccc(Br)s1. The van der Waals surface area contributed by atoms with E-state index in [1.54, 1.807) is 0 Å². The number of hydrogen-bond donors (Lipinski definition) is 1. The van der Waals surface area contributed by atoms with Crippen LogP contribution in [0.3, 0.4) is 0 Å². The minimum Gasteiger partial charge on any atom is -0.309 e. The van der Waals surface area contributed by atoms with Crippen LogP contribution in [0, 0.1) is 5.92 Å². The molecule has 1 N–H and O–H groups in total. The van der Waals surface area contributed by atoms with Gasteiger partial charge in [-0.3, -0.25) is 4.90 Å². The van der Waals surface area contributed by atoms with Gasteiger partial charge in [0, 0.05) is 36.1 Å². The van der Waals surface area contributed by atoms with Crippen LogP contribution in [0.2, 0.25) is 0 Å². The fraction of sp³-hybridized carbons (Fsp3) is 0.733. The summed E-state index contributed by atoms with van der Waals surface area (Å²) in [6.07, 6.45) is 1.27. The smallest absolute Gasteiger partial charge is 0.0701 e. The van der Waals surface area contributed by atoms with Crippen LogP contribution >= 0.6 is 27.3 Å². The fourth-order valence-electron chi connectivity index (χ4n) is 2.81. The molecule has 2 heterocycles. The molecule has 0 spiro atoms. The van der Waals surface area contributed by atoms with Gasteiger partial charge < -0.3 is 5.32 Å². The first kappa shape index (κ1) is 15.5. The highest BCUT2D eigenvalue weighted by Gasteiger charge is 2.32. The molecule has 1 aromatic heterocycles. The molecule has 108 valence electrons. The van der Waals surface area contributed by atoms with Gasteiger partial charge in [0.05, 0.1) is 3.79 Å². The lowest BCUT2D eigenvalue weighted by molar-refractivity contribution is 0.0769. The summed E-state index contributed by atoms with van der Waals surface area (Å²) in [7, 11) is 0. The van der Waals surface area contributed by atoms with Gasteiger partial charge in [-0.25, -0.2) is 0 Å². The Hall–Kier alpha value is 0.1000. The molecule has 1 unspecified atom stereocenters. The van der Waals surface area contributed by atoms with Crippen molar-refractivity contribution in [3.05, 3.63) is 20.8 Å². The molecule has 1 aliphatic rings. The highest BCUT2D eigenvalue weighted by atomic mass is 79.9. The van der Waals surface area contributed by atoms with Gasteiger partial charge in [0.2, 0.25) is 0 Å². The molecule has 0 radical (unpaired) electrons. The van der Waals surface area contributed by atoms with E-state index in [2.05, 4.69) is 66.0 Å². The Morgan fingerprint density at radius 3 is 2.79 bits per heavy atom. The first-order valence-electron chi connectivity index (χ1n) is 7.09. The average Bonchev–Trinajstić information content (AvgIpc) is 2.67. The second kappa shape index (κ2) is 6.25. The average molecular weight is 345 g/mol. The first-order chi connectivity index (χ1) is 8.85. The van der Waals surface area contributed by atoms with E-state index in [4.69, 9.17) is 0 Å². The van der Waals surface area contributed by atoms with E-state index >= 15 is 0 Å². The van der Waals surface area contributed by atoms with Crippen molar-refractivity contribution in [1.29, 1.82) is 0 Å². The molecule has 0 amide bonds. The Balaban J connectivity index is 2.06.